The zero-order chi connectivity index (χ0) is 25.3. The molecule has 0 bridgehead atoms. The van der Waals surface area contributed by atoms with E-state index in [0.717, 1.165) is 55.0 Å². The minimum atomic E-state index is 0.129. The van der Waals surface area contributed by atoms with Crippen LogP contribution in [0.3, 0.4) is 0 Å². The van der Waals surface area contributed by atoms with E-state index in [4.69, 9.17) is 33.2 Å². The quantitative estimate of drug-likeness (QED) is 0.168. The lowest BCUT2D eigenvalue weighted by molar-refractivity contribution is 0.286. The Bertz CT molecular complexity index is 1260. The predicted molar refractivity (Wildman–Crippen MR) is 148 cm³/mol. The van der Waals surface area contributed by atoms with Gasteiger partial charge >= 0.3 is 0 Å². The number of nitrogens with one attached hydrogen (secondary N) is 1. The monoisotopic (exact) mass is 538 g/mol. The van der Waals surface area contributed by atoms with E-state index in [-0.39, 0.29) is 6.61 Å². The van der Waals surface area contributed by atoms with Crippen LogP contribution >= 0.6 is 34.7 Å². The van der Waals surface area contributed by atoms with E-state index in [9.17, 15) is 5.26 Å². The molecule has 186 valence electrons. The van der Waals surface area contributed by atoms with E-state index in [1.54, 1.807) is 11.3 Å². The van der Waals surface area contributed by atoms with Crippen LogP contribution in [0.4, 0.5) is 17.2 Å². The molecule has 0 spiro atoms. The van der Waals surface area contributed by atoms with Crippen LogP contribution in [0.5, 0.6) is 0 Å². The number of aromatic nitrogens is 2. The molecular weight excluding hydrogens is 512 g/mol. The lowest BCUT2D eigenvalue weighted by Crippen LogP contribution is -2.30. The Kier molecular flexibility index (Phi) is 9.43. The number of hydrogen-bond donors (Lipinski definition) is 2. The number of pyridine rings is 1. The highest BCUT2D eigenvalue weighted by atomic mass is 35.5. The fraction of sp³-hybridized carbons (Fsp3) is 0.385. The van der Waals surface area contributed by atoms with Gasteiger partial charge in [-0.05, 0) is 44.2 Å². The van der Waals surface area contributed by atoms with Gasteiger partial charge in [-0.2, -0.15) is 5.26 Å². The first-order valence-corrected chi connectivity index (χ1v) is 14.2. The molecule has 36 heavy (non-hydrogen) atoms. The summed E-state index contributed by atoms with van der Waals surface area (Å²) in [5, 5.41) is 26.8. The van der Waals surface area contributed by atoms with Crippen LogP contribution in [0.25, 0.3) is 15.4 Å². The predicted octanol–water partition coefficient (Wildman–Crippen LogP) is 6.75. The molecule has 0 unspecified atom stereocenters. The van der Waals surface area contributed by atoms with Gasteiger partial charge in [-0.25, -0.2) is 14.8 Å². The van der Waals surface area contributed by atoms with Crippen LogP contribution in [-0.2, 0) is 5.75 Å². The molecule has 0 atom stereocenters. The van der Waals surface area contributed by atoms with Crippen molar-refractivity contribution in [3.05, 3.63) is 57.3 Å². The minimum Gasteiger partial charge on any atom is -0.396 e. The standard InChI is InChI=1S/C26H27ClN6OS2/c1-29-22-23(33-12-4-2-5-13-33)21(15-28)26(32-24(22)30-11-3-6-14-34)36-17-20-16-35-25(31-20)18-7-9-19(27)10-8-18/h7-10,16,34H,2-6,11-14,17H2,(H,30,32). The summed E-state index contributed by atoms with van der Waals surface area (Å²) in [6.45, 7) is 10.3. The number of thiazole rings is 1. The Labute approximate surface area is 225 Å². The number of rotatable bonds is 10. The van der Waals surface area contributed by atoms with Crippen LogP contribution in [-0.4, -0.2) is 41.3 Å². The van der Waals surface area contributed by atoms with Crippen molar-refractivity contribution in [1.29, 1.82) is 5.26 Å². The molecule has 3 heterocycles. The Morgan fingerprint density at radius 3 is 2.67 bits per heavy atom. The molecule has 2 N–H and O–H groups in total. The van der Waals surface area contributed by atoms with Gasteiger partial charge in [0.25, 0.3) is 5.69 Å². The molecule has 0 radical (unpaired) electrons. The number of halogens is 1. The van der Waals surface area contributed by atoms with Crippen LogP contribution in [0.15, 0.2) is 34.7 Å². The molecule has 1 fully saturated rings. The normalized spacial score (nSPS) is 13.3. The third kappa shape index (κ3) is 6.29. The van der Waals surface area contributed by atoms with Crippen molar-refractivity contribution < 1.29 is 5.11 Å². The van der Waals surface area contributed by atoms with Gasteiger partial charge in [0.05, 0.1) is 23.5 Å². The van der Waals surface area contributed by atoms with E-state index in [1.807, 2.05) is 29.6 Å². The van der Waals surface area contributed by atoms with Crippen molar-refractivity contribution in [1.82, 2.24) is 9.97 Å². The number of piperidine rings is 1. The molecule has 4 rings (SSSR count). The maximum Gasteiger partial charge on any atom is 0.252 e. The number of benzene rings is 1. The van der Waals surface area contributed by atoms with Gasteiger partial charge in [-0.3, -0.25) is 0 Å². The highest BCUT2D eigenvalue weighted by Crippen LogP contribution is 2.43. The lowest BCUT2D eigenvalue weighted by atomic mass is 10.1. The lowest BCUT2D eigenvalue weighted by Gasteiger charge is -2.31. The third-order valence-corrected chi connectivity index (χ3v) is 8.09. The summed E-state index contributed by atoms with van der Waals surface area (Å²) in [5.74, 6) is 1.07. The van der Waals surface area contributed by atoms with Crippen molar-refractivity contribution in [3.8, 4) is 16.6 Å². The third-order valence-electron chi connectivity index (χ3n) is 5.89. The number of thioether (sulfide) groups is 1. The molecule has 7 nitrogen and oxygen atoms in total. The van der Waals surface area contributed by atoms with E-state index < -0.39 is 0 Å². The zero-order valence-corrected chi connectivity index (χ0v) is 22.2. The van der Waals surface area contributed by atoms with Crippen molar-refractivity contribution in [2.45, 2.75) is 42.9 Å². The number of aliphatic hydroxyl groups is 1. The van der Waals surface area contributed by atoms with Crippen molar-refractivity contribution >= 4 is 51.9 Å². The van der Waals surface area contributed by atoms with Gasteiger partial charge < -0.3 is 15.3 Å². The molecular formula is C26H27ClN6OS2. The molecule has 0 saturated carbocycles. The second kappa shape index (κ2) is 12.9. The number of unbranched alkanes of at least 4 members (excludes halogenated alkanes) is 1. The summed E-state index contributed by atoms with van der Waals surface area (Å²) in [7, 11) is 0. The topological polar surface area (TPSA) is 89.4 Å². The van der Waals surface area contributed by atoms with Crippen LogP contribution in [0.2, 0.25) is 5.02 Å². The zero-order valence-electron chi connectivity index (χ0n) is 19.8. The van der Waals surface area contributed by atoms with Gasteiger partial charge in [0, 0.05) is 48.0 Å². The SMILES string of the molecule is [C-]#[N+]c1c(NCCCCO)nc(SCc2csc(-c3ccc(Cl)cc3)n2)c(C#N)c1N1CCCCC1. The van der Waals surface area contributed by atoms with Crippen LogP contribution < -0.4 is 10.2 Å². The first-order chi connectivity index (χ1) is 17.6. The highest BCUT2D eigenvalue weighted by molar-refractivity contribution is 7.98. The van der Waals surface area contributed by atoms with E-state index in [1.165, 1.54) is 11.8 Å². The Morgan fingerprint density at radius 1 is 1.19 bits per heavy atom. The fourth-order valence-electron chi connectivity index (χ4n) is 4.09. The second-order valence-corrected chi connectivity index (χ2v) is 10.7. The van der Waals surface area contributed by atoms with E-state index >= 15 is 0 Å². The van der Waals surface area contributed by atoms with Crippen molar-refractivity contribution in [2.75, 3.05) is 36.5 Å². The fourth-order valence-corrected chi connectivity index (χ4v) is 6.02. The maximum absolute atomic E-state index is 10.2. The Balaban J connectivity index is 1.63. The molecule has 10 heteroatoms. The summed E-state index contributed by atoms with van der Waals surface area (Å²) in [4.78, 5) is 15.5. The van der Waals surface area contributed by atoms with Gasteiger partial charge in [0.2, 0.25) is 0 Å². The number of nitriles is 1. The first kappa shape index (κ1) is 26.2. The van der Waals surface area contributed by atoms with E-state index in [0.29, 0.717) is 51.5 Å². The largest absolute Gasteiger partial charge is 0.396 e. The van der Waals surface area contributed by atoms with Crippen LogP contribution in [0, 0.1) is 17.9 Å². The molecule has 3 aromatic rings. The summed E-state index contributed by atoms with van der Waals surface area (Å²) in [6.07, 6.45) is 4.68. The summed E-state index contributed by atoms with van der Waals surface area (Å²) in [6, 6.07) is 9.97. The molecule has 0 aliphatic carbocycles. The Morgan fingerprint density at radius 2 is 1.97 bits per heavy atom. The van der Waals surface area contributed by atoms with Gasteiger partial charge in [0.15, 0.2) is 0 Å². The average Bonchev–Trinajstić information content (AvgIpc) is 3.39. The molecule has 1 saturated heterocycles. The Hall–Kier alpha value is -2.82. The van der Waals surface area contributed by atoms with Crippen LogP contribution in [0.1, 0.15) is 43.4 Å². The molecule has 1 aliphatic heterocycles. The highest BCUT2D eigenvalue weighted by Gasteiger charge is 2.26. The van der Waals surface area contributed by atoms with Gasteiger partial charge in [-0.1, -0.05) is 35.5 Å². The molecule has 1 aliphatic rings. The summed E-state index contributed by atoms with van der Waals surface area (Å²) in [5.41, 5.74) is 3.48. The minimum absolute atomic E-state index is 0.129. The maximum atomic E-state index is 10.2. The summed E-state index contributed by atoms with van der Waals surface area (Å²) < 4.78 is 0. The summed E-state index contributed by atoms with van der Waals surface area (Å²) >= 11 is 9.05. The average molecular weight is 539 g/mol. The van der Waals surface area contributed by atoms with Crippen molar-refractivity contribution in [2.24, 2.45) is 0 Å². The number of nitrogens with zero attached hydrogens (tertiary/aromatic N) is 5. The van der Waals surface area contributed by atoms with Gasteiger partial charge in [-0.15, -0.1) is 11.3 Å². The molecule has 0 amide bonds. The van der Waals surface area contributed by atoms with Gasteiger partial charge in [0.1, 0.15) is 21.9 Å². The second-order valence-electron chi connectivity index (χ2n) is 8.41. The molecule has 2 aromatic heterocycles. The first-order valence-electron chi connectivity index (χ1n) is 11.9. The molecule has 1 aromatic carbocycles. The number of hydrogen-bond acceptors (Lipinski definition) is 8. The number of anilines is 2. The van der Waals surface area contributed by atoms with E-state index in [2.05, 4.69) is 21.1 Å². The van der Waals surface area contributed by atoms with Crippen molar-refractivity contribution in [3.63, 3.8) is 0 Å². The smallest absolute Gasteiger partial charge is 0.252 e. The number of aliphatic hydroxyl groups excluding tert-OH is 1.